The van der Waals surface area contributed by atoms with E-state index in [0.717, 1.165) is 0 Å². The summed E-state index contributed by atoms with van der Waals surface area (Å²) in [5, 5.41) is 0. The Morgan fingerprint density at radius 1 is 0.565 bits per heavy atom. The molecule has 3 rings (SSSR count). The molecule has 0 N–H and O–H groups in total. The Balaban J connectivity index is 2.14. The van der Waals surface area contributed by atoms with Crippen LogP contribution in [0.5, 0.6) is 0 Å². The normalized spacial score (nSPS) is 11.5. The Morgan fingerprint density at radius 3 is 1.87 bits per heavy atom. The minimum atomic E-state index is -0.0137. The molecule has 3 aromatic rings. The predicted octanol–water partition coefficient (Wildman–Crippen LogP) is 6.30. The highest BCUT2D eigenvalue weighted by Crippen LogP contribution is 2.37. The Labute approximate surface area is 139 Å². The Kier molecular flexibility index (Phi) is 4.09. The standard InChI is InChI=1S/C23H24/c1-17-10-8-9-13-21(17)23(3,4)22-16-20(15-14-18(22)2)19-11-6-5-7-12-19/h5-16H,1-4H3. The largest absolute Gasteiger partial charge is 0.0622 e. The lowest BCUT2D eigenvalue weighted by Gasteiger charge is -2.30. The van der Waals surface area contributed by atoms with Crippen LogP contribution in [0.1, 0.15) is 36.1 Å². The van der Waals surface area contributed by atoms with Gasteiger partial charge >= 0.3 is 0 Å². The molecule has 0 saturated carbocycles. The summed E-state index contributed by atoms with van der Waals surface area (Å²) in [7, 11) is 0. The molecule has 0 unspecified atom stereocenters. The van der Waals surface area contributed by atoms with Gasteiger partial charge in [-0.15, -0.1) is 0 Å². The molecule has 23 heavy (non-hydrogen) atoms. The van der Waals surface area contributed by atoms with Crippen molar-refractivity contribution in [1.82, 2.24) is 0 Å². The minimum Gasteiger partial charge on any atom is -0.0622 e. The quantitative estimate of drug-likeness (QED) is 0.532. The van der Waals surface area contributed by atoms with Crippen molar-refractivity contribution in [2.24, 2.45) is 0 Å². The third-order valence-corrected chi connectivity index (χ3v) is 4.84. The molecule has 0 aliphatic heterocycles. The van der Waals surface area contributed by atoms with Crippen molar-refractivity contribution in [3.8, 4) is 11.1 Å². The van der Waals surface area contributed by atoms with E-state index in [0.29, 0.717) is 0 Å². The van der Waals surface area contributed by atoms with Crippen LogP contribution in [-0.2, 0) is 5.41 Å². The molecular formula is C23H24. The van der Waals surface area contributed by atoms with Crippen molar-refractivity contribution in [3.05, 3.63) is 95.1 Å². The Morgan fingerprint density at radius 2 is 1.17 bits per heavy atom. The Hall–Kier alpha value is -2.34. The summed E-state index contributed by atoms with van der Waals surface area (Å²) >= 11 is 0. The van der Waals surface area contributed by atoms with Crippen molar-refractivity contribution >= 4 is 0 Å². The van der Waals surface area contributed by atoms with Crippen molar-refractivity contribution in [2.75, 3.05) is 0 Å². The fourth-order valence-corrected chi connectivity index (χ4v) is 3.52. The molecule has 0 nitrogen and oxygen atoms in total. The van der Waals surface area contributed by atoms with E-state index in [1.54, 1.807) is 0 Å². The van der Waals surface area contributed by atoms with E-state index in [9.17, 15) is 0 Å². The van der Waals surface area contributed by atoms with E-state index in [-0.39, 0.29) is 5.41 Å². The van der Waals surface area contributed by atoms with Gasteiger partial charge in [-0.1, -0.05) is 86.6 Å². The fourth-order valence-electron chi connectivity index (χ4n) is 3.52. The topological polar surface area (TPSA) is 0 Å². The molecule has 3 aromatic carbocycles. The highest BCUT2D eigenvalue weighted by Gasteiger charge is 2.26. The lowest BCUT2D eigenvalue weighted by molar-refractivity contribution is 0.631. The van der Waals surface area contributed by atoms with E-state index in [1.807, 2.05) is 0 Å². The molecule has 116 valence electrons. The van der Waals surface area contributed by atoms with Crippen LogP contribution in [0.2, 0.25) is 0 Å². The number of hydrogen-bond acceptors (Lipinski definition) is 0. The van der Waals surface area contributed by atoms with Crippen LogP contribution >= 0.6 is 0 Å². The van der Waals surface area contributed by atoms with Crippen LogP contribution in [0, 0.1) is 13.8 Å². The highest BCUT2D eigenvalue weighted by atomic mass is 14.3. The summed E-state index contributed by atoms with van der Waals surface area (Å²) in [5.41, 5.74) is 8.03. The van der Waals surface area contributed by atoms with Crippen LogP contribution < -0.4 is 0 Å². The lowest BCUT2D eigenvalue weighted by Crippen LogP contribution is -2.21. The fraction of sp³-hybridized carbons (Fsp3) is 0.217. The zero-order valence-corrected chi connectivity index (χ0v) is 14.4. The van der Waals surface area contributed by atoms with Crippen LogP contribution in [0.3, 0.4) is 0 Å². The van der Waals surface area contributed by atoms with Gasteiger partial charge in [0.05, 0.1) is 0 Å². The third kappa shape index (κ3) is 2.94. The van der Waals surface area contributed by atoms with Crippen LogP contribution in [0.25, 0.3) is 11.1 Å². The maximum atomic E-state index is 2.36. The van der Waals surface area contributed by atoms with Gasteiger partial charge in [0.2, 0.25) is 0 Å². The zero-order valence-electron chi connectivity index (χ0n) is 14.4. The number of aryl methyl sites for hydroxylation is 2. The first kappa shape index (κ1) is 15.6. The van der Waals surface area contributed by atoms with Gasteiger partial charge in [-0.05, 0) is 47.2 Å². The predicted molar refractivity (Wildman–Crippen MR) is 99.9 cm³/mol. The van der Waals surface area contributed by atoms with Crippen molar-refractivity contribution in [2.45, 2.75) is 33.1 Å². The molecule has 0 atom stereocenters. The Bertz CT molecular complexity index is 810. The smallest absolute Gasteiger partial charge is 0.0152 e. The van der Waals surface area contributed by atoms with E-state index in [1.165, 1.54) is 33.4 Å². The number of benzene rings is 3. The van der Waals surface area contributed by atoms with Gasteiger partial charge in [0, 0.05) is 5.41 Å². The summed E-state index contributed by atoms with van der Waals surface area (Å²) in [6.07, 6.45) is 0. The average molecular weight is 300 g/mol. The molecule has 0 bridgehead atoms. The van der Waals surface area contributed by atoms with Crippen molar-refractivity contribution in [1.29, 1.82) is 0 Å². The second-order valence-corrected chi connectivity index (χ2v) is 6.84. The maximum absolute atomic E-state index is 2.36. The van der Waals surface area contributed by atoms with Gasteiger partial charge in [0.25, 0.3) is 0 Å². The van der Waals surface area contributed by atoms with Crippen molar-refractivity contribution < 1.29 is 0 Å². The van der Waals surface area contributed by atoms with E-state index >= 15 is 0 Å². The molecular weight excluding hydrogens is 276 g/mol. The maximum Gasteiger partial charge on any atom is 0.0152 e. The molecule has 0 aromatic heterocycles. The molecule has 0 spiro atoms. The SMILES string of the molecule is Cc1ccccc1C(C)(C)c1cc(-c2ccccc2)ccc1C. The number of rotatable bonds is 3. The van der Waals surface area contributed by atoms with Gasteiger partial charge < -0.3 is 0 Å². The molecule has 0 amide bonds. The van der Waals surface area contributed by atoms with Gasteiger partial charge in [-0.2, -0.15) is 0 Å². The summed E-state index contributed by atoms with van der Waals surface area (Å²) in [5.74, 6) is 0. The minimum absolute atomic E-state index is 0.0137. The average Bonchev–Trinajstić information content (AvgIpc) is 2.56. The molecule has 0 heterocycles. The van der Waals surface area contributed by atoms with Crippen molar-refractivity contribution in [3.63, 3.8) is 0 Å². The summed E-state index contributed by atoms with van der Waals surface area (Å²) in [6, 6.07) is 26.2. The first-order chi connectivity index (χ1) is 11.0. The summed E-state index contributed by atoms with van der Waals surface area (Å²) in [4.78, 5) is 0. The van der Waals surface area contributed by atoms with Gasteiger partial charge in [0.1, 0.15) is 0 Å². The second kappa shape index (κ2) is 6.04. The molecule has 0 fully saturated rings. The van der Waals surface area contributed by atoms with Gasteiger partial charge in [0.15, 0.2) is 0 Å². The van der Waals surface area contributed by atoms with Crippen LogP contribution in [-0.4, -0.2) is 0 Å². The second-order valence-electron chi connectivity index (χ2n) is 6.84. The number of hydrogen-bond donors (Lipinski definition) is 0. The van der Waals surface area contributed by atoms with E-state index in [4.69, 9.17) is 0 Å². The molecule has 0 aliphatic rings. The first-order valence-electron chi connectivity index (χ1n) is 8.23. The van der Waals surface area contributed by atoms with Crippen LogP contribution in [0.15, 0.2) is 72.8 Å². The van der Waals surface area contributed by atoms with E-state index < -0.39 is 0 Å². The molecule has 0 saturated heterocycles. The van der Waals surface area contributed by atoms with Gasteiger partial charge in [-0.3, -0.25) is 0 Å². The van der Waals surface area contributed by atoms with Crippen LogP contribution in [0.4, 0.5) is 0 Å². The zero-order chi connectivity index (χ0) is 16.4. The summed E-state index contributed by atoms with van der Waals surface area (Å²) in [6.45, 7) is 9.07. The van der Waals surface area contributed by atoms with Gasteiger partial charge in [-0.25, -0.2) is 0 Å². The molecule has 0 heteroatoms. The first-order valence-corrected chi connectivity index (χ1v) is 8.23. The monoisotopic (exact) mass is 300 g/mol. The van der Waals surface area contributed by atoms with E-state index in [2.05, 4.69) is 100 Å². The third-order valence-electron chi connectivity index (χ3n) is 4.84. The highest BCUT2D eigenvalue weighted by molar-refractivity contribution is 5.66. The summed E-state index contributed by atoms with van der Waals surface area (Å²) < 4.78 is 0. The molecule has 0 aliphatic carbocycles. The lowest BCUT2D eigenvalue weighted by atomic mass is 9.74. The molecule has 0 radical (unpaired) electrons.